The summed E-state index contributed by atoms with van der Waals surface area (Å²) >= 11 is 0. The van der Waals surface area contributed by atoms with Crippen molar-refractivity contribution in [1.29, 1.82) is 0 Å². The number of carbonyl (C=O) groups is 1. The second kappa shape index (κ2) is 9.98. The third-order valence-corrected chi connectivity index (χ3v) is 7.90. The maximum absolute atomic E-state index is 14.1. The second-order valence-corrected chi connectivity index (χ2v) is 10.4. The van der Waals surface area contributed by atoms with Crippen molar-refractivity contribution in [2.24, 2.45) is 13.0 Å². The molecule has 3 aromatic heterocycles. The number of aromatic nitrogens is 3. The topological polar surface area (TPSA) is 72.2 Å². The molecular formula is C30H33N5O2. The highest BCUT2D eigenvalue weighted by atomic mass is 16.2. The van der Waals surface area contributed by atoms with Gasteiger partial charge in [-0.25, -0.2) is 0 Å². The number of amides is 1. The number of benzene rings is 1. The molecule has 1 saturated carbocycles. The lowest BCUT2D eigenvalue weighted by Crippen LogP contribution is -2.47. The molecule has 1 saturated heterocycles. The molecule has 0 radical (unpaired) electrons. The van der Waals surface area contributed by atoms with Crippen LogP contribution >= 0.6 is 0 Å². The van der Waals surface area contributed by atoms with Crippen LogP contribution in [-0.4, -0.2) is 44.1 Å². The quantitative estimate of drug-likeness (QED) is 0.425. The Bertz CT molecular complexity index is 1470. The largest absolute Gasteiger partial charge is 0.341 e. The van der Waals surface area contributed by atoms with Crippen molar-refractivity contribution in [3.8, 4) is 0 Å². The number of aryl methyl sites for hydroxylation is 1. The van der Waals surface area contributed by atoms with E-state index < -0.39 is 0 Å². The fraction of sp³-hybridized carbons (Fsp3) is 0.367. The van der Waals surface area contributed by atoms with Crippen LogP contribution < -0.4 is 10.9 Å². The summed E-state index contributed by atoms with van der Waals surface area (Å²) in [4.78, 5) is 33.1. The summed E-state index contributed by atoms with van der Waals surface area (Å²) in [5, 5.41) is 4.62. The lowest BCUT2D eigenvalue weighted by molar-refractivity contribution is -0.138. The van der Waals surface area contributed by atoms with Crippen LogP contribution in [0.3, 0.4) is 0 Å². The van der Waals surface area contributed by atoms with Crippen molar-refractivity contribution >= 4 is 16.8 Å². The number of pyridine rings is 2. The second-order valence-electron chi connectivity index (χ2n) is 10.4. The Balaban J connectivity index is 1.30. The first-order chi connectivity index (χ1) is 18.1. The van der Waals surface area contributed by atoms with E-state index in [2.05, 4.69) is 50.2 Å². The average molecular weight is 496 g/mol. The van der Waals surface area contributed by atoms with Crippen LogP contribution in [0.5, 0.6) is 0 Å². The van der Waals surface area contributed by atoms with Gasteiger partial charge in [0, 0.05) is 61.7 Å². The number of nitrogens with one attached hydrogen (secondary N) is 1. The molecule has 2 aliphatic rings. The third kappa shape index (κ3) is 4.83. The van der Waals surface area contributed by atoms with Gasteiger partial charge in [-0.1, -0.05) is 24.3 Å². The highest BCUT2D eigenvalue weighted by Crippen LogP contribution is 2.36. The van der Waals surface area contributed by atoms with Gasteiger partial charge >= 0.3 is 0 Å². The first-order valence-corrected chi connectivity index (χ1v) is 13.2. The van der Waals surface area contributed by atoms with E-state index in [4.69, 9.17) is 0 Å². The van der Waals surface area contributed by atoms with E-state index in [9.17, 15) is 9.59 Å². The molecule has 1 aromatic carbocycles. The maximum atomic E-state index is 14.1. The van der Waals surface area contributed by atoms with E-state index in [1.807, 2.05) is 36.7 Å². The number of fused-ring (bicyclic) bond motifs is 1. The van der Waals surface area contributed by atoms with Gasteiger partial charge in [-0.3, -0.25) is 14.6 Å². The monoisotopic (exact) mass is 495 g/mol. The standard InChI is InChI=1S/C30H33N5O2/c1-33-15-12-21(16-29(33)36)25-11-14-31-17-27(25)30(37)35(24-9-10-24)19-22-18-34(20-23-6-4-5-13-32-23)28-8-3-2-7-26(22)28/h2-8,12-13,15-16,18,24-25,27,31H,9-11,14,17,19-20H2,1H3/t25-,27+/m0/s1. The first kappa shape index (κ1) is 23.7. The van der Waals surface area contributed by atoms with E-state index in [1.165, 1.54) is 10.9 Å². The molecule has 1 aliphatic heterocycles. The molecule has 7 nitrogen and oxygen atoms in total. The van der Waals surface area contributed by atoms with Gasteiger partial charge in [-0.2, -0.15) is 0 Å². The van der Waals surface area contributed by atoms with Crippen LogP contribution in [0.1, 0.15) is 42.0 Å². The maximum Gasteiger partial charge on any atom is 0.250 e. The summed E-state index contributed by atoms with van der Waals surface area (Å²) in [6.07, 6.45) is 8.79. The predicted octanol–water partition coefficient (Wildman–Crippen LogP) is 3.67. The smallest absolute Gasteiger partial charge is 0.250 e. The third-order valence-electron chi connectivity index (χ3n) is 7.90. The van der Waals surface area contributed by atoms with E-state index in [0.717, 1.165) is 42.6 Å². The predicted molar refractivity (Wildman–Crippen MR) is 144 cm³/mol. The van der Waals surface area contributed by atoms with Crippen LogP contribution in [0.2, 0.25) is 0 Å². The normalized spacial score (nSPS) is 19.7. The van der Waals surface area contributed by atoms with Gasteiger partial charge in [-0.15, -0.1) is 0 Å². The minimum atomic E-state index is -0.177. The van der Waals surface area contributed by atoms with Crippen molar-refractivity contribution in [2.45, 2.75) is 44.3 Å². The zero-order chi connectivity index (χ0) is 25.4. The lowest BCUT2D eigenvalue weighted by Gasteiger charge is -2.35. The minimum Gasteiger partial charge on any atom is -0.341 e. The Morgan fingerprint density at radius 1 is 1.11 bits per heavy atom. The number of hydrogen-bond acceptors (Lipinski definition) is 4. The zero-order valence-electron chi connectivity index (χ0n) is 21.2. The van der Waals surface area contributed by atoms with Crippen LogP contribution in [-0.2, 0) is 24.9 Å². The number of hydrogen-bond donors (Lipinski definition) is 1. The minimum absolute atomic E-state index is 0.0259. The summed E-state index contributed by atoms with van der Waals surface area (Å²) in [6.45, 7) is 2.78. The Morgan fingerprint density at radius 3 is 2.73 bits per heavy atom. The van der Waals surface area contributed by atoms with Crippen LogP contribution in [0, 0.1) is 5.92 Å². The average Bonchev–Trinajstić information content (AvgIpc) is 3.72. The van der Waals surface area contributed by atoms with Crippen LogP contribution in [0.15, 0.2) is 78.0 Å². The lowest BCUT2D eigenvalue weighted by atomic mass is 9.80. The number of para-hydroxylation sites is 1. The van der Waals surface area contributed by atoms with Crippen molar-refractivity contribution < 1.29 is 4.79 Å². The van der Waals surface area contributed by atoms with E-state index in [0.29, 0.717) is 19.6 Å². The van der Waals surface area contributed by atoms with Crippen molar-refractivity contribution in [1.82, 2.24) is 24.3 Å². The molecule has 190 valence electrons. The Morgan fingerprint density at radius 2 is 1.95 bits per heavy atom. The Kier molecular flexibility index (Phi) is 6.38. The molecule has 6 rings (SSSR count). The van der Waals surface area contributed by atoms with Gasteiger partial charge < -0.3 is 19.4 Å². The number of piperidine rings is 1. The van der Waals surface area contributed by atoms with Crippen molar-refractivity contribution in [2.75, 3.05) is 13.1 Å². The summed E-state index contributed by atoms with van der Waals surface area (Å²) in [7, 11) is 1.76. The van der Waals surface area contributed by atoms with Gasteiger partial charge in [0.25, 0.3) is 5.56 Å². The molecule has 0 unspecified atom stereocenters. The first-order valence-electron chi connectivity index (χ1n) is 13.2. The Labute approximate surface area is 216 Å². The molecule has 2 fully saturated rings. The van der Waals surface area contributed by atoms with Gasteiger partial charge in [0.1, 0.15) is 0 Å². The van der Waals surface area contributed by atoms with E-state index in [1.54, 1.807) is 17.7 Å². The Hall–Kier alpha value is -3.71. The highest BCUT2D eigenvalue weighted by Gasteiger charge is 2.40. The number of rotatable bonds is 7. The number of carbonyl (C=O) groups excluding carboxylic acids is 1. The van der Waals surface area contributed by atoms with Crippen molar-refractivity contribution in [3.63, 3.8) is 0 Å². The van der Waals surface area contributed by atoms with Gasteiger partial charge in [-0.05, 0) is 67.1 Å². The molecule has 1 amide bonds. The molecule has 37 heavy (non-hydrogen) atoms. The molecule has 1 N–H and O–H groups in total. The zero-order valence-corrected chi connectivity index (χ0v) is 21.2. The molecule has 1 aliphatic carbocycles. The SMILES string of the molecule is Cn1ccc([C@@H]2CCNC[C@H]2C(=O)N(Cc2cn(Cc3ccccn3)c3ccccc23)C2CC2)cc1=O. The fourth-order valence-corrected chi connectivity index (χ4v) is 5.73. The highest BCUT2D eigenvalue weighted by molar-refractivity contribution is 5.86. The van der Waals surface area contributed by atoms with Crippen molar-refractivity contribution in [3.05, 3.63) is 100 Å². The van der Waals surface area contributed by atoms with Gasteiger partial charge in [0.2, 0.25) is 5.91 Å². The van der Waals surface area contributed by atoms with Gasteiger partial charge in [0.05, 0.1) is 18.2 Å². The fourth-order valence-electron chi connectivity index (χ4n) is 5.73. The van der Waals surface area contributed by atoms with Crippen LogP contribution in [0.25, 0.3) is 10.9 Å². The number of nitrogens with zero attached hydrogens (tertiary/aromatic N) is 4. The molecule has 0 bridgehead atoms. The molecular weight excluding hydrogens is 462 g/mol. The summed E-state index contributed by atoms with van der Waals surface area (Å²) in [6, 6.07) is 18.4. The van der Waals surface area contributed by atoms with Crippen LogP contribution in [0.4, 0.5) is 0 Å². The molecule has 4 aromatic rings. The molecule has 4 heterocycles. The summed E-state index contributed by atoms with van der Waals surface area (Å²) < 4.78 is 3.83. The molecule has 7 heteroatoms. The van der Waals surface area contributed by atoms with E-state index >= 15 is 0 Å². The summed E-state index contributed by atoms with van der Waals surface area (Å²) in [5.74, 6) is 0.0691. The summed E-state index contributed by atoms with van der Waals surface area (Å²) in [5.41, 5.74) is 4.28. The molecule has 2 atom stereocenters. The molecule has 0 spiro atoms. The van der Waals surface area contributed by atoms with Gasteiger partial charge in [0.15, 0.2) is 0 Å². The van der Waals surface area contributed by atoms with E-state index in [-0.39, 0.29) is 29.3 Å².